The molecule has 7 nitrogen and oxygen atoms in total. The number of esters is 2. The first-order valence-corrected chi connectivity index (χ1v) is 6.94. The third-order valence-corrected chi connectivity index (χ3v) is 3.19. The Balaban J connectivity index is 2.54. The smallest absolute Gasteiger partial charge is 0.357 e. The molecule has 0 saturated heterocycles. The molecule has 0 radical (unpaired) electrons. The number of aromatic nitrogens is 1. The molecule has 0 bridgehead atoms. The van der Waals surface area contributed by atoms with Gasteiger partial charge in [0.1, 0.15) is 11.7 Å². The highest BCUT2D eigenvalue weighted by molar-refractivity contribution is 5.90. The third kappa shape index (κ3) is 5.16. The highest BCUT2D eigenvalue weighted by Crippen LogP contribution is 2.09. The number of rotatable bonds is 7. The van der Waals surface area contributed by atoms with Crippen molar-refractivity contribution in [3.63, 3.8) is 0 Å². The van der Waals surface area contributed by atoms with Gasteiger partial charge in [0.2, 0.25) is 0 Å². The predicted octanol–water partition coefficient (Wildman–Crippen LogP) is 0.942. The average molecular weight is 308 g/mol. The van der Waals surface area contributed by atoms with Gasteiger partial charge >= 0.3 is 11.9 Å². The van der Waals surface area contributed by atoms with Gasteiger partial charge in [0.25, 0.3) is 5.91 Å². The van der Waals surface area contributed by atoms with Crippen molar-refractivity contribution in [3.05, 3.63) is 30.1 Å². The number of amides is 1. The zero-order chi connectivity index (χ0) is 16.5. The second-order valence-corrected chi connectivity index (χ2v) is 4.74. The number of hydrogen-bond donors (Lipinski definition) is 1. The SMILES string of the molecule is CC[C@@H](C)[C@H](NC(=O)COC(=O)c1ccccn1)C(=O)OC. The zero-order valence-corrected chi connectivity index (χ0v) is 12.9. The molecule has 1 N–H and O–H groups in total. The molecule has 0 unspecified atom stereocenters. The fourth-order valence-corrected chi connectivity index (χ4v) is 1.70. The van der Waals surface area contributed by atoms with Crippen molar-refractivity contribution in [2.45, 2.75) is 26.3 Å². The second-order valence-electron chi connectivity index (χ2n) is 4.74. The predicted molar refractivity (Wildman–Crippen MR) is 77.9 cm³/mol. The Morgan fingerprint density at radius 1 is 1.32 bits per heavy atom. The first-order chi connectivity index (χ1) is 10.5. The van der Waals surface area contributed by atoms with Crippen LogP contribution in [0.1, 0.15) is 30.8 Å². The van der Waals surface area contributed by atoms with Crippen LogP contribution in [0.5, 0.6) is 0 Å². The molecular weight excluding hydrogens is 288 g/mol. The van der Waals surface area contributed by atoms with Crippen molar-refractivity contribution < 1.29 is 23.9 Å². The summed E-state index contributed by atoms with van der Waals surface area (Å²) in [5, 5.41) is 2.51. The summed E-state index contributed by atoms with van der Waals surface area (Å²) in [4.78, 5) is 38.9. The maximum Gasteiger partial charge on any atom is 0.357 e. The lowest BCUT2D eigenvalue weighted by Crippen LogP contribution is -2.47. The van der Waals surface area contributed by atoms with Gasteiger partial charge in [-0.05, 0) is 18.1 Å². The fraction of sp³-hybridized carbons (Fsp3) is 0.467. The van der Waals surface area contributed by atoms with E-state index in [1.165, 1.54) is 19.4 Å². The Labute approximate surface area is 129 Å². The number of pyridine rings is 1. The van der Waals surface area contributed by atoms with Crippen LogP contribution in [0, 0.1) is 5.92 Å². The summed E-state index contributed by atoms with van der Waals surface area (Å²) in [5.41, 5.74) is 0.113. The summed E-state index contributed by atoms with van der Waals surface area (Å²) in [6, 6.07) is 4.02. The number of nitrogens with zero attached hydrogens (tertiary/aromatic N) is 1. The van der Waals surface area contributed by atoms with Gasteiger partial charge in [-0.2, -0.15) is 0 Å². The van der Waals surface area contributed by atoms with Gasteiger partial charge in [0.15, 0.2) is 6.61 Å². The van der Waals surface area contributed by atoms with Crippen LogP contribution >= 0.6 is 0 Å². The normalized spacial score (nSPS) is 12.9. The molecule has 0 aliphatic heterocycles. The van der Waals surface area contributed by atoms with Crippen molar-refractivity contribution in [3.8, 4) is 0 Å². The molecule has 1 rings (SSSR count). The standard InChI is InChI=1S/C15H20N2O5/c1-4-10(2)13(15(20)21-3)17-12(18)9-22-14(19)11-7-5-6-8-16-11/h5-8,10,13H,4,9H2,1-3H3,(H,17,18)/t10-,13+/m1/s1. The van der Waals surface area contributed by atoms with Gasteiger partial charge in [-0.1, -0.05) is 26.3 Å². The van der Waals surface area contributed by atoms with E-state index >= 15 is 0 Å². The van der Waals surface area contributed by atoms with Crippen LogP contribution in [0.4, 0.5) is 0 Å². The molecule has 1 heterocycles. The minimum absolute atomic E-state index is 0.0945. The van der Waals surface area contributed by atoms with Gasteiger partial charge in [-0.25, -0.2) is 14.6 Å². The molecule has 22 heavy (non-hydrogen) atoms. The maximum atomic E-state index is 11.8. The molecule has 7 heteroatoms. The number of methoxy groups -OCH3 is 1. The van der Waals surface area contributed by atoms with Crippen molar-refractivity contribution in [1.82, 2.24) is 10.3 Å². The summed E-state index contributed by atoms with van der Waals surface area (Å²) >= 11 is 0. The zero-order valence-electron chi connectivity index (χ0n) is 12.9. The number of nitrogens with one attached hydrogen (secondary N) is 1. The summed E-state index contributed by atoms with van der Waals surface area (Å²) in [6.45, 7) is 3.23. The monoisotopic (exact) mass is 308 g/mol. The van der Waals surface area contributed by atoms with Crippen LogP contribution in [-0.2, 0) is 19.1 Å². The van der Waals surface area contributed by atoms with Crippen molar-refractivity contribution >= 4 is 17.8 Å². The van der Waals surface area contributed by atoms with Crippen LogP contribution < -0.4 is 5.32 Å². The lowest BCUT2D eigenvalue weighted by molar-refractivity contribution is -0.147. The van der Waals surface area contributed by atoms with Crippen molar-refractivity contribution in [1.29, 1.82) is 0 Å². The molecule has 0 fully saturated rings. The van der Waals surface area contributed by atoms with Gasteiger partial charge in [0.05, 0.1) is 7.11 Å². The van der Waals surface area contributed by atoms with Gasteiger partial charge < -0.3 is 14.8 Å². The van der Waals surface area contributed by atoms with E-state index in [0.29, 0.717) is 6.42 Å². The largest absolute Gasteiger partial charge is 0.467 e. The quantitative estimate of drug-likeness (QED) is 0.753. The lowest BCUT2D eigenvalue weighted by Gasteiger charge is -2.21. The Hall–Kier alpha value is -2.44. The molecule has 0 aliphatic rings. The highest BCUT2D eigenvalue weighted by Gasteiger charge is 2.27. The van der Waals surface area contributed by atoms with Crippen molar-refractivity contribution in [2.24, 2.45) is 5.92 Å². The van der Waals surface area contributed by atoms with Crippen LogP contribution in [0.15, 0.2) is 24.4 Å². The van der Waals surface area contributed by atoms with Crippen LogP contribution in [-0.4, -0.2) is 42.6 Å². The molecule has 2 atom stereocenters. The second kappa shape index (κ2) is 8.76. The molecule has 0 aromatic carbocycles. The van der Waals surface area contributed by atoms with Gasteiger partial charge in [-0.15, -0.1) is 0 Å². The Bertz CT molecular complexity index is 518. The average Bonchev–Trinajstić information content (AvgIpc) is 2.56. The van der Waals surface area contributed by atoms with Gasteiger partial charge in [0, 0.05) is 6.20 Å². The highest BCUT2D eigenvalue weighted by atomic mass is 16.5. The van der Waals surface area contributed by atoms with E-state index in [1.807, 2.05) is 13.8 Å². The minimum Gasteiger partial charge on any atom is -0.467 e. The maximum absolute atomic E-state index is 11.8. The number of carbonyl (C=O) groups excluding carboxylic acids is 3. The molecule has 0 spiro atoms. The number of hydrogen-bond acceptors (Lipinski definition) is 6. The van der Waals surface area contributed by atoms with Crippen LogP contribution in [0.25, 0.3) is 0 Å². The summed E-state index contributed by atoms with van der Waals surface area (Å²) < 4.78 is 9.51. The minimum atomic E-state index is -0.768. The van der Waals surface area contributed by atoms with Crippen LogP contribution in [0.2, 0.25) is 0 Å². The van der Waals surface area contributed by atoms with Crippen LogP contribution in [0.3, 0.4) is 0 Å². The summed E-state index contributed by atoms with van der Waals surface area (Å²) in [6.07, 6.45) is 2.14. The van der Waals surface area contributed by atoms with Crippen molar-refractivity contribution in [2.75, 3.05) is 13.7 Å². The summed E-state index contributed by atoms with van der Waals surface area (Å²) in [7, 11) is 1.25. The molecule has 1 amide bonds. The molecule has 0 saturated carbocycles. The Morgan fingerprint density at radius 3 is 2.59 bits per heavy atom. The fourth-order valence-electron chi connectivity index (χ4n) is 1.70. The lowest BCUT2D eigenvalue weighted by atomic mass is 9.99. The van der Waals surface area contributed by atoms with E-state index in [2.05, 4.69) is 15.0 Å². The van der Waals surface area contributed by atoms with E-state index in [1.54, 1.807) is 12.1 Å². The Morgan fingerprint density at radius 2 is 2.05 bits per heavy atom. The number of ether oxygens (including phenoxy) is 2. The van der Waals surface area contributed by atoms with E-state index < -0.39 is 30.5 Å². The summed E-state index contributed by atoms with van der Waals surface area (Å²) in [5.74, 6) is -1.89. The first kappa shape index (κ1) is 17.6. The molecule has 1 aromatic rings. The van der Waals surface area contributed by atoms with E-state index in [0.717, 1.165) is 0 Å². The number of carbonyl (C=O) groups is 3. The first-order valence-electron chi connectivity index (χ1n) is 6.94. The van der Waals surface area contributed by atoms with E-state index in [9.17, 15) is 14.4 Å². The molecule has 120 valence electrons. The van der Waals surface area contributed by atoms with E-state index in [4.69, 9.17) is 4.74 Å². The molecule has 0 aliphatic carbocycles. The third-order valence-electron chi connectivity index (χ3n) is 3.19. The Kier molecular flexibility index (Phi) is 7.01. The molecular formula is C15H20N2O5. The topological polar surface area (TPSA) is 94.6 Å². The van der Waals surface area contributed by atoms with Gasteiger partial charge in [-0.3, -0.25) is 4.79 Å². The van der Waals surface area contributed by atoms with E-state index in [-0.39, 0.29) is 11.6 Å². The molecule has 1 aromatic heterocycles.